The molecule has 0 aliphatic carbocycles. The van der Waals surface area contributed by atoms with Gasteiger partial charge in [-0.15, -0.1) is 0 Å². The van der Waals surface area contributed by atoms with Gasteiger partial charge in [0.25, 0.3) is 5.91 Å². The largest absolute Gasteiger partial charge is 0.482 e. The summed E-state index contributed by atoms with van der Waals surface area (Å²) in [5.74, 6) is -0.0479. The summed E-state index contributed by atoms with van der Waals surface area (Å²) >= 11 is 9.56. The van der Waals surface area contributed by atoms with Gasteiger partial charge in [-0.2, -0.15) is 0 Å². The number of amides is 2. The Labute approximate surface area is 198 Å². The maximum Gasteiger partial charge on any atom is 0.261 e. The Morgan fingerprint density at radius 3 is 2.35 bits per heavy atom. The Hall–Kier alpha value is -2.05. The van der Waals surface area contributed by atoms with Crippen LogP contribution in [0.3, 0.4) is 0 Å². The zero-order valence-corrected chi connectivity index (χ0v) is 21.0. The lowest BCUT2D eigenvalue weighted by atomic mass is 10.1. The predicted octanol–water partition coefficient (Wildman–Crippen LogP) is 5.51. The van der Waals surface area contributed by atoms with Gasteiger partial charge in [-0.1, -0.05) is 64.3 Å². The number of rotatable bonds is 8. The van der Waals surface area contributed by atoms with Crippen molar-refractivity contribution in [2.75, 3.05) is 6.61 Å². The molecule has 1 unspecified atom stereocenters. The van der Waals surface area contributed by atoms with Crippen molar-refractivity contribution >= 4 is 39.3 Å². The van der Waals surface area contributed by atoms with E-state index in [1.807, 2.05) is 58.9 Å². The minimum absolute atomic E-state index is 0.183. The number of halogens is 2. The number of nitrogens with one attached hydrogen (secondary N) is 1. The van der Waals surface area contributed by atoms with E-state index < -0.39 is 11.6 Å². The summed E-state index contributed by atoms with van der Waals surface area (Å²) in [6, 6.07) is 12.5. The Kier molecular flexibility index (Phi) is 8.95. The van der Waals surface area contributed by atoms with Gasteiger partial charge < -0.3 is 15.0 Å². The third-order valence-corrected chi connectivity index (χ3v) is 5.39. The molecule has 168 valence electrons. The topological polar surface area (TPSA) is 58.6 Å². The highest BCUT2D eigenvalue weighted by molar-refractivity contribution is 9.10. The summed E-state index contributed by atoms with van der Waals surface area (Å²) in [6.45, 7) is 9.76. The van der Waals surface area contributed by atoms with Crippen molar-refractivity contribution < 1.29 is 14.3 Å². The Balaban J connectivity index is 2.24. The lowest BCUT2D eigenvalue weighted by Crippen LogP contribution is -2.54. The Morgan fingerprint density at radius 1 is 1.16 bits per heavy atom. The van der Waals surface area contributed by atoms with Crippen molar-refractivity contribution in [3.05, 3.63) is 63.1 Å². The van der Waals surface area contributed by atoms with E-state index in [0.717, 1.165) is 15.6 Å². The second-order valence-corrected chi connectivity index (χ2v) is 9.86. The summed E-state index contributed by atoms with van der Waals surface area (Å²) in [5.41, 5.74) is 1.68. The van der Waals surface area contributed by atoms with Crippen LogP contribution in [0.25, 0.3) is 0 Å². The number of carbonyl (C=O) groups is 2. The first-order chi connectivity index (χ1) is 14.5. The standard InChI is InChI=1S/C24H30BrClN2O3/c1-6-20(23(30)27-24(3,4)5)28(14-17-9-7-16(2)8-10-17)22(29)15-31-21-12-11-18(25)13-19(21)26/h7-13,20H,6,14-15H2,1-5H3,(H,27,30). The van der Waals surface area contributed by atoms with Gasteiger partial charge in [-0.25, -0.2) is 0 Å². The third kappa shape index (κ3) is 7.86. The lowest BCUT2D eigenvalue weighted by molar-refractivity contribution is -0.143. The number of hydrogen-bond donors (Lipinski definition) is 1. The van der Waals surface area contributed by atoms with Crippen molar-refractivity contribution in [2.45, 2.75) is 59.2 Å². The summed E-state index contributed by atoms with van der Waals surface area (Å²) in [5, 5.41) is 3.40. The van der Waals surface area contributed by atoms with Gasteiger partial charge in [0, 0.05) is 16.6 Å². The van der Waals surface area contributed by atoms with Gasteiger partial charge in [0.15, 0.2) is 6.61 Å². The number of nitrogens with zero attached hydrogens (tertiary/aromatic N) is 1. The number of carbonyl (C=O) groups excluding carboxylic acids is 2. The van der Waals surface area contributed by atoms with Crippen LogP contribution >= 0.6 is 27.5 Å². The first-order valence-corrected chi connectivity index (χ1v) is 11.4. The molecule has 31 heavy (non-hydrogen) atoms. The zero-order valence-electron chi connectivity index (χ0n) is 18.7. The molecule has 2 aromatic carbocycles. The molecule has 0 aliphatic heterocycles. The van der Waals surface area contributed by atoms with Crippen molar-refractivity contribution in [3.63, 3.8) is 0 Å². The molecule has 0 fully saturated rings. The second kappa shape index (κ2) is 11.0. The molecule has 7 heteroatoms. The van der Waals surface area contributed by atoms with Crippen molar-refractivity contribution in [2.24, 2.45) is 0 Å². The smallest absolute Gasteiger partial charge is 0.261 e. The quantitative estimate of drug-likeness (QED) is 0.510. The second-order valence-electron chi connectivity index (χ2n) is 8.53. The van der Waals surface area contributed by atoms with Crippen LogP contribution in [-0.2, 0) is 16.1 Å². The van der Waals surface area contributed by atoms with Crippen molar-refractivity contribution in [3.8, 4) is 5.75 Å². The van der Waals surface area contributed by atoms with Crippen molar-refractivity contribution in [1.29, 1.82) is 0 Å². The molecule has 0 saturated heterocycles. The number of aryl methyl sites for hydroxylation is 1. The normalized spacial score (nSPS) is 12.2. The SMILES string of the molecule is CCC(C(=O)NC(C)(C)C)N(Cc1ccc(C)cc1)C(=O)COc1ccc(Br)cc1Cl. The minimum Gasteiger partial charge on any atom is -0.482 e. The van der Waals surface area contributed by atoms with Crippen LogP contribution in [0.2, 0.25) is 5.02 Å². The molecule has 0 aliphatic rings. The Bertz CT molecular complexity index is 910. The number of ether oxygens (including phenoxy) is 1. The molecule has 5 nitrogen and oxygen atoms in total. The van der Waals surface area contributed by atoms with Crippen LogP contribution in [0.4, 0.5) is 0 Å². The summed E-state index contributed by atoms with van der Waals surface area (Å²) in [6.07, 6.45) is 0.485. The molecule has 2 rings (SSSR count). The van der Waals surface area contributed by atoms with E-state index in [1.165, 1.54) is 0 Å². The van der Waals surface area contributed by atoms with Gasteiger partial charge in [0.05, 0.1) is 5.02 Å². The van der Waals surface area contributed by atoms with Gasteiger partial charge in [-0.05, 0) is 57.9 Å². The molecule has 1 atom stereocenters. The van der Waals surface area contributed by atoms with Crippen LogP contribution in [-0.4, -0.2) is 34.9 Å². The van der Waals surface area contributed by atoms with Gasteiger partial charge in [0.2, 0.25) is 5.91 Å². The van der Waals surface area contributed by atoms with E-state index in [4.69, 9.17) is 16.3 Å². The number of benzene rings is 2. The van der Waals surface area contributed by atoms with Crippen LogP contribution in [0.1, 0.15) is 45.2 Å². The fraction of sp³-hybridized carbons (Fsp3) is 0.417. The molecule has 0 bridgehead atoms. The average molecular weight is 510 g/mol. The molecule has 0 spiro atoms. The highest BCUT2D eigenvalue weighted by atomic mass is 79.9. The van der Waals surface area contributed by atoms with Gasteiger partial charge in [0.1, 0.15) is 11.8 Å². The van der Waals surface area contributed by atoms with E-state index in [0.29, 0.717) is 23.7 Å². The minimum atomic E-state index is -0.614. The Morgan fingerprint density at radius 2 is 1.81 bits per heavy atom. The maximum absolute atomic E-state index is 13.2. The van der Waals surface area contributed by atoms with Crippen LogP contribution in [0.15, 0.2) is 46.9 Å². The fourth-order valence-corrected chi connectivity index (χ4v) is 3.81. The van der Waals surface area contributed by atoms with Crippen molar-refractivity contribution in [1.82, 2.24) is 10.2 Å². The zero-order chi connectivity index (χ0) is 23.2. The van der Waals surface area contributed by atoms with Gasteiger partial charge >= 0.3 is 0 Å². The van der Waals surface area contributed by atoms with E-state index in [2.05, 4.69) is 21.2 Å². The predicted molar refractivity (Wildman–Crippen MR) is 128 cm³/mol. The molecule has 0 saturated carbocycles. The molecule has 0 heterocycles. The van der Waals surface area contributed by atoms with E-state index >= 15 is 0 Å². The third-order valence-electron chi connectivity index (χ3n) is 4.60. The maximum atomic E-state index is 13.2. The molecule has 0 aromatic heterocycles. The molecule has 2 aromatic rings. The summed E-state index contributed by atoms with van der Waals surface area (Å²) in [4.78, 5) is 27.8. The fourth-order valence-electron chi connectivity index (χ4n) is 3.08. The van der Waals surface area contributed by atoms with E-state index in [1.54, 1.807) is 23.1 Å². The molecule has 2 amide bonds. The average Bonchev–Trinajstić information content (AvgIpc) is 2.67. The summed E-state index contributed by atoms with van der Waals surface area (Å²) in [7, 11) is 0. The summed E-state index contributed by atoms with van der Waals surface area (Å²) < 4.78 is 6.51. The molecule has 0 radical (unpaired) electrons. The number of hydrogen-bond acceptors (Lipinski definition) is 3. The highest BCUT2D eigenvalue weighted by Crippen LogP contribution is 2.28. The highest BCUT2D eigenvalue weighted by Gasteiger charge is 2.31. The van der Waals surface area contributed by atoms with Crippen LogP contribution in [0.5, 0.6) is 5.75 Å². The van der Waals surface area contributed by atoms with Gasteiger partial charge in [-0.3, -0.25) is 9.59 Å². The first kappa shape index (κ1) is 25.2. The first-order valence-electron chi connectivity index (χ1n) is 10.2. The molecule has 1 N–H and O–H groups in total. The van der Waals surface area contributed by atoms with Crippen LogP contribution < -0.4 is 10.1 Å². The monoisotopic (exact) mass is 508 g/mol. The van der Waals surface area contributed by atoms with Crippen LogP contribution in [0, 0.1) is 6.92 Å². The molecular weight excluding hydrogens is 480 g/mol. The molecular formula is C24H30BrClN2O3. The lowest BCUT2D eigenvalue weighted by Gasteiger charge is -2.33. The van der Waals surface area contributed by atoms with E-state index in [9.17, 15) is 9.59 Å². The van der Waals surface area contributed by atoms with E-state index in [-0.39, 0.29) is 18.4 Å².